The minimum Gasteiger partial charge on any atom is -0.480 e. The molecular formula is C16H22N2O8. The third kappa shape index (κ3) is 11.8. The van der Waals surface area contributed by atoms with E-state index in [-0.39, 0.29) is 46.2 Å². The topological polar surface area (TPSA) is 132 Å². The highest BCUT2D eigenvalue weighted by Gasteiger charge is 2.06. The number of carboxylic acid groups (broad SMARTS) is 1. The van der Waals surface area contributed by atoms with Crippen LogP contribution in [0.1, 0.15) is 5.56 Å². The zero-order valence-corrected chi connectivity index (χ0v) is 14.1. The Hall–Kier alpha value is -2.69. The van der Waals surface area contributed by atoms with Gasteiger partial charge in [-0.2, -0.15) is 0 Å². The minimum absolute atomic E-state index is 0.0898. The molecule has 2 amide bonds. The largest absolute Gasteiger partial charge is 0.480 e. The van der Waals surface area contributed by atoms with E-state index in [1.165, 1.54) is 0 Å². The van der Waals surface area contributed by atoms with Crippen molar-refractivity contribution in [2.75, 3.05) is 39.6 Å². The van der Waals surface area contributed by atoms with Gasteiger partial charge in [0.15, 0.2) is 0 Å². The summed E-state index contributed by atoms with van der Waals surface area (Å²) in [6.45, 7) is 0.200. The maximum Gasteiger partial charge on any atom is 0.426 e. The van der Waals surface area contributed by atoms with Crippen molar-refractivity contribution in [1.82, 2.24) is 10.9 Å². The molecule has 1 aromatic rings. The maximum absolute atomic E-state index is 11.4. The zero-order valence-electron chi connectivity index (χ0n) is 14.1. The molecule has 26 heavy (non-hydrogen) atoms. The van der Waals surface area contributed by atoms with Crippen molar-refractivity contribution in [2.45, 2.75) is 6.61 Å². The Labute approximate surface area is 150 Å². The Balaban J connectivity index is 1.93. The van der Waals surface area contributed by atoms with Crippen molar-refractivity contribution >= 4 is 18.0 Å². The van der Waals surface area contributed by atoms with Gasteiger partial charge in [-0.15, -0.1) is 0 Å². The predicted molar refractivity (Wildman–Crippen MR) is 88.0 cm³/mol. The number of nitrogens with one attached hydrogen (secondary N) is 2. The summed E-state index contributed by atoms with van der Waals surface area (Å²) in [6.07, 6.45) is -0.785. The molecule has 0 unspecified atom stereocenters. The highest BCUT2D eigenvalue weighted by atomic mass is 16.6. The number of amides is 2. The van der Waals surface area contributed by atoms with Crippen LogP contribution in [0, 0.1) is 0 Å². The van der Waals surface area contributed by atoms with Gasteiger partial charge in [0, 0.05) is 0 Å². The molecule has 0 bridgehead atoms. The molecule has 0 spiro atoms. The van der Waals surface area contributed by atoms with Gasteiger partial charge >= 0.3 is 12.1 Å². The molecule has 0 fully saturated rings. The van der Waals surface area contributed by atoms with E-state index in [1.54, 1.807) is 12.1 Å². The lowest BCUT2D eigenvalue weighted by Gasteiger charge is -2.09. The Kier molecular flexibility index (Phi) is 11.2. The van der Waals surface area contributed by atoms with Crippen LogP contribution in [-0.4, -0.2) is 62.7 Å². The van der Waals surface area contributed by atoms with Crippen LogP contribution < -0.4 is 10.9 Å². The second-order valence-electron chi connectivity index (χ2n) is 4.85. The van der Waals surface area contributed by atoms with Gasteiger partial charge in [0.2, 0.25) is 0 Å². The van der Waals surface area contributed by atoms with Gasteiger partial charge < -0.3 is 24.1 Å². The van der Waals surface area contributed by atoms with Crippen LogP contribution in [0.25, 0.3) is 0 Å². The van der Waals surface area contributed by atoms with Crippen molar-refractivity contribution in [3.8, 4) is 0 Å². The summed E-state index contributed by atoms with van der Waals surface area (Å²) in [5.41, 5.74) is 5.07. The van der Waals surface area contributed by atoms with E-state index in [4.69, 9.17) is 24.1 Å². The molecule has 1 aromatic carbocycles. The lowest BCUT2D eigenvalue weighted by Crippen LogP contribution is -2.43. The van der Waals surface area contributed by atoms with E-state index in [9.17, 15) is 14.4 Å². The highest BCUT2D eigenvalue weighted by Crippen LogP contribution is 2.00. The summed E-state index contributed by atoms with van der Waals surface area (Å²) in [7, 11) is 0. The van der Waals surface area contributed by atoms with Crippen LogP contribution in [0.2, 0.25) is 0 Å². The van der Waals surface area contributed by atoms with Crippen LogP contribution >= 0.6 is 0 Å². The summed E-state index contributed by atoms with van der Waals surface area (Å²) < 4.78 is 19.8. The van der Waals surface area contributed by atoms with Crippen LogP contribution in [0.3, 0.4) is 0 Å². The smallest absolute Gasteiger partial charge is 0.426 e. The first-order valence-electron chi connectivity index (χ1n) is 7.78. The fraction of sp³-hybridized carbons (Fsp3) is 0.438. The molecule has 0 radical (unpaired) electrons. The summed E-state index contributed by atoms with van der Waals surface area (Å²) in [4.78, 5) is 33.0. The zero-order chi connectivity index (χ0) is 19.0. The molecule has 0 saturated carbocycles. The van der Waals surface area contributed by atoms with Crippen LogP contribution in [0.5, 0.6) is 0 Å². The number of carbonyl (C=O) groups excluding carboxylic acids is 2. The number of aliphatic carboxylic acids is 1. The molecule has 0 saturated heterocycles. The monoisotopic (exact) mass is 370 g/mol. The van der Waals surface area contributed by atoms with Crippen LogP contribution in [-0.2, 0) is 35.1 Å². The summed E-state index contributed by atoms with van der Waals surface area (Å²) in [5, 5.41) is 8.34. The summed E-state index contributed by atoms with van der Waals surface area (Å²) in [5.74, 6) is -1.59. The molecule has 0 atom stereocenters. The number of carbonyl (C=O) groups is 3. The minimum atomic E-state index is -1.04. The number of hydrogen-bond donors (Lipinski definition) is 3. The van der Waals surface area contributed by atoms with Gasteiger partial charge in [-0.3, -0.25) is 10.2 Å². The molecule has 10 heteroatoms. The second kappa shape index (κ2) is 13.6. The summed E-state index contributed by atoms with van der Waals surface area (Å²) in [6, 6.07) is 9.10. The Morgan fingerprint density at radius 2 is 1.46 bits per heavy atom. The van der Waals surface area contributed by atoms with Gasteiger partial charge in [0.05, 0.1) is 26.4 Å². The second-order valence-corrected chi connectivity index (χ2v) is 4.85. The lowest BCUT2D eigenvalue weighted by atomic mass is 10.2. The molecule has 0 heterocycles. The average molecular weight is 370 g/mol. The molecule has 0 aromatic heterocycles. The first-order valence-corrected chi connectivity index (χ1v) is 7.78. The molecule has 3 N–H and O–H groups in total. The normalized spacial score (nSPS) is 10.2. The van der Waals surface area contributed by atoms with E-state index in [1.807, 2.05) is 18.2 Å². The first kappa shape index (κ1) is 21.4. The Morgan fingerprint density at radius 1 is 0.846 bits per heavy atom. The lowest BCUT2D eigenvalue weighted by molar-refractivity contribution is -0.142. The van der Waals surface area contributed by atoms with E-state index in [0.29, 0.717) is 0 Å². The van der Waals surface area contributed by atoms with Crippen molar-refractivity contribution < 1.29 is 38.4 Å². The number of rotatable bonds is 12. The molecule has 1 rings (SSSR count). The van der Waals surface area contributed by atoms with E-state index in [2.05, 4.69) is 10.9 Å². The molecule has 144 valence electrons. The number of carboxylic acids is 1. The van der Waals surface area contributed by atoms with Gasteiger partial charge in [-0.1, -0.05) is 30.3 Å². The van der Waals surface area contributed by atoms with Crippen LogP contribution in [0.15, 0.2) is 30.3 Å². The van der Waals surface area contributed by atoms with Gasteiger partial charge in [0.25, 0.3) is 5.91 Å². The van der Waals surface area contributed by atoms with E-state index >= 15 is 0 Å². The Morgan fingerprint density at radius 3 is 2.12 bits per heavy atom. The number of hydrazine groups is 1. The van der Waals surface area contributed by atoms with Crippen molar-refractivity contribution in [3.63, 3.8) is 0 Å². The molecule has 0 aliphatic rings. The van der Waals surface area contributed by atoms with Crippen molar-refractivity contribution in [3.05, 3.63) is 35.9 Å². The van der Waals surface area contributed by atoms with E-state index < -0.39 is 18.0 Å². The van der Waals surface area contributed by atoms with E-state index in [0.717, 1.165) is 5.56 Å². The number of hydrogen-bond acceptors (Lipinski definition) is 7. The van der Waals surface area contributed by atoms with Crippen molar-refractivity contribution in [1.29, 1.82) is 0 Å². The summed E-state index contributed by atoms with van der Waals surface area (Å²) >= 11 is 0. The first-order chi connectivity index (χ1) is 12.6. The number of benzene rings is 1. The van der Waals surface area contributed by atoms with Gasteiger partial charge in [-0.25, -0.2) is 15.0 Å². The standard InChI is InChI=1S/C16H22N2O8/c19-14(11-24-8-6-23-7-9-25-12-15(20)21)17-18-16(22)26-10-13-4-2-1-3-5-13/h1-5H,6-12H2,(H,17,19)(H,18,22)(H,20,21). The SMILES string of the molecule is O=C(O)COCCOCCOCC(=O)NNC(=O)OCc1ccccc1. The fourth-order valence-corrected chi connectivity index (χ4v) is 1.58. The maximum atomic E-state index is 11.4. The molecule has 10 nitrogen and oxygen atoms in total. The molecule has 0 aliphatic heterocycles. The fourth-order valence-electron chi connectivity index (χ4n) is 1.58. The van der Waals surface area contributed by atoms with Crippen molar-refractivity contribution in [2.24, 2.45) is 0 Å². The molecular weight excluding hydrogens is 348 g/mol. The molecule has 0 aliphatic carbocycles. The van der Waals surface area contributed by atoms with Crippen LogP contribution in [0.4, 0.5) is 4.79 Å². The highest BCUT2D eigenvalue weighted by molar-refractivity contribution is 5.79. The predicted octanol–water partition coefficient (Wildman–Crippen LogP) is 0.0784. The quantitative estimate of drug-likeness (QED) is 0.348. The number of ether oxygens (including phenoxy) is 4. The van der Waals surface area contributed by atoms with Gasteiger partial charge in [-0.05, 0) is 5.56 Å². The third-order valence-electron chi connectivity index (χ3n) is 2.72. The Bertz CT molecular complexity index is 552. The van der Waals surface area contributed by atoms with Gasteiger partial charge in [0.1, 0.15) is 19.8 Å². The average Bonchev–Trinajstić information content (AvgIpc) is 2.64. The third-order valence-corrected chi connectivity index (χ3v) is 2.72.